The molecule has 2 atom stereocenters. The van der Waals surface area contributed by atoms with Gasteiger partial charge >= 0.3 is 29.6 Å². The van der Waals surface area contributed by atoms with Gasteiger partial charge in [-0.3, -0.25) is 0 Å². The van der Waals surface area contributed by atoms with Crippen molar-refractivity contribution in [2.45, 2.75) is 154 Å². The Labute approximate surface area is 210 Å². The van der Waals surface area contributed by atoms with E-state index in [4.69, 9.17) is 0 Å². The molecule has 0 aliphatic heterocycles. The Kier molecular flexibility index (Phi) is 25.4. The maximum absolute atomic E-state index is 11.5. The summed E-state index contributed by atoms with van der Waals surface area (Å²) in [5, 5.41) is 9.12. The monoisotopic (exact) mass is 456 g/mol. The molecule has 0 aromatic rings. The van der Waals surface area contributed by atoms with Crippen molar-refractivity contribution in [1.29, 1.82) is 0 Å². The molecule has 0 aliphatic carbocycles. The molecule has 176 valence electrons. The van der Waals surface area contributed by atoms with Crippen LogP contribution >= 0.6 is 0 Å². The molecule has 0 fully saturated rings. The number of aliphatic hydroxyl groups excluding tert-OH is 1. The summed E-state index contributed by atoms with van der Waals surface area (Å²) in [6.45, 7) is 4.38. The van der Waals surface area contributed by atoms with E-state index < -0.39 is 21.5 Å². The van der Waals surface area contributed by atoms with Crippen LogP contribution in [0.15, 0.2) is 0 Å². The predicted octanol–water partition coefficient (Wildman–Crippen LogP) is 4.11. The van der Waals surface area contributed by atoms with Crippen molar-refractivity contribution < 1.29 is 47.6 Å². The summed E-state index contributed by atoms with van der Waals surface area (Å²) < 4.78 is 34.5. The van der Waals surface area contributed by atoms with Crippen LogP contribution in [-0.2, 0) is 10.1 Å². The number of aliphatic hydroxyl groups is 1. The maximum Gasteiger partial charge on any atom is 1.00 e. The summed E-state index contributed by atoms with van der Waals surface area (Å²) >= 11 is 0. The van der Waals surface area contributed by atoms with Crippen molar-refractivity contribution >= 4 is 10.1 Å². The van der Waals surface area contributed by atoms with Crippen molar-refractivity contribution in [3.63, 3.8) is 0 Å². The molecule has 0 saturated heterocycles. The van der Waals surface area contributed by atoms with Crippen LogP contribution in [0, 0.1) is 0 Å². The first kappa shape index (κ1) is 33.0. The van der Waals surface area contributed by atoms with Crippen LogP contribution in [0.2, 0.25) is 0 Å². The van der Waals surface area contributed by atoms with Gasteiger partial charge in [0.15, 0.2) is 0 Å². The van der Waals surface area contributed by atoms with E-state index in [-0.39, 0.29) is 29.6 Å². The first-order chi connectivity index (χ1) is 13.9. The molecule has 0 saturated carbocycles. The molecule has 0 heterocycles. The molecule has 30 heavy (non-hydrogen) atoms. The molecule has 0 radical (unpaired) electrons. The molecule has 0 spiro atoms. The number of hydrogen-bond donors (Lipinski definition) is 1. The zero-order chi connectivity index (χ0) is 21.8. The number of rotatable bonds is 22. The van der Waals surface area contributed by atoms with Crippen LogP contribution in [0.3, 0.4) is 0 Å². The fourth-order valence-corrected chi connectivity index (χ4v) is 5.01. The van der Waals surface area contributed by atoms with Gasteiger partial charge in [0.25, 0.3) is 0 Å². The summed E-state index contributed by atoms with van der Waals surface area (Å²) in [6, 6.07) is 0. The van der Waals surface area contributed by atoms with Crippen molar-refractivity contribution in [3.05, 3.63) is 0 Å². The SMILES string of the molecule is CCCCCCCCCCCCCCCC(O)C(CCCCCCC)S(=O)(=O)[O-].[Na+]. The van der Waals surface area contributed by atoms with Crippen LogP contribution in [0.25, 0.3) is 0 Å². The van der Waals surface area contributed by atoms with Gasteiger partial charge < -0.3 is 9.66 Å². The zero-order valence-electron chi connectivity index (χ0n) is 20.4. The van der Waals surface area contributed by atoms with Crippen LogP contribution in [0.5, 0.6) is 0 Å². The molecule has 0 rings (SSSR count). The van der Waals surface area contributed by atoms with Crippen LogP contribution < -0.4 is 29.6 Å². The summed E-state index contributed by atoms with van der Waals surface area (Å²) in [4.78, 5) is 0. The minimum Gasteiger partial charge on any atom is -0.748 e. The molecule has 1 N–H and O–H groups in total. The molecule has 0 aliphatic rings. The van der Waals surface area contributed by atoms with Crippen molar-refractivity contribution in [2.24, 2.45) is 0 Å². The molecular formula is C24H49NaO4S. The van der Waals surface area contributed by atoms with Gasteiger partial charge in [-0.05, 0) is 12.8 Å². The molecule has 0 amide bonds. The fraction of sp³-hybridized carbons (Fsp3) is 1.00. The average Bonchev–Trinajstić information content (AvgIpc) is 2.67. The average molecular weight is 457 g/mol. The Balaban J connectivity index is 0. The second kappa shape index (κ2) is 23.0. The summed E-state index contributed by atoms with van der Waals surface area (Å²) in [5.74, 6) is 0. The maximum atomic E-state index is 11.5. The third-order valence-electron chi connectivity index (χ3n) is 6.00. The van der Waals surface area contributed by atoms with Crippen molar-refractivity contribution in [2.75, 3.05) is 0 Å². The first-order valence-electron chi connectivity index (χ1n) is 12.6. The Bertz CT molecular complexity index is 442. The van der Waals surface area contributed by atoms with Crippen LogP contribution in [0.4, 0.5) is 0 Å². The minimum absolute atomic E-state index is 0. The normalized spacial score (nSPS) is 13.7. The topological polar surface area (TPSA) is 77.4 Å². The van der Waals surface area contributed by atoms with E-state index in [9.17, 15) is 18.1 Å². The van der Waals surface area contributed by atoms with E-state index in [2.05, 4.69) is 13.8 Å². The molecule has 6 heteroatoms. The molecule has 0 aromatic heterocycles. The smallest absolute Gasteiger partial charge is 0.748 e. The Morgan fingerprint density at radius 3 is 1.23 bits per heavy atom. The third kappa shape index (κ3) is 20.8. The first-order valence-corrected chi connectivity index (χ1v) is 14.0. The number of unbranched alkanes of at least 4 members (excludes halogenated alkanes) is 16. The molecule has 4 nitrogen and oxygen atoms in total. The predicted molar refractivity (Wildman–Crippen MR) is 123 cm³/mol. The van der Waals surface area contributed by atoms with Crippen LogP contribution in [-0.4, -0.2) is 29.4 Å². The minimum atomic E-state index is -4.42. The van der Waals surface area contributed by atoms with E-state index in [1.54, 1.807) is 0 Å². The Morgan fingerprint density at radius 2 is 0.900 bits per heavy atom. The van der Waals surface area contributed by atoms with Gasteiger partial charge in [0, 0.05) is 0 Å². The quantitative estimate of drug-likeness (QED) is 0.151. The second-order valence-electron chi connectivity index (χ2n) is 8.83. The van der Waals surface area contributed by atoms with E-state index >= 15 is 0 Å². The van der Waals surface area contributed by atoms with Gasteiger partial charge in [-0.1, -0.05) is 129 Å². The third-order valence-corrected chi connectivity index (χ3v) is 7.29. The van der Waals surface area contributed by atoms with Gasteiger partial charge in [0.05, 0.1) is 11.4 Å². The standard InChI is InChI=1S/C24H50O4S.Na/c1-3-5-7-9-10-11-12-13-14-15-16-18-19-21-23(25)24(29(26,27)28)22-20-17-8-6-4-2;/h23-25H,3-22H2,1-2H3,(H,26,27,28);/q;+1/p-1. The van der Waals surface area contributed by atoms with Gasteiger partial charge in [-0.2, -0.15) is 0 Å². The Hall–Kier alpha value is 0.870. The summed E-state index contributed by atoms with van der Waals surface area (Å²) in [6.07, 6.45) is 21.0. The van der Waals surface area contributed by atoms with Gasteiger partial charge in [-0.15, -0.1) is 0 Å². The molecule has 0 aromatic carbocycles. The van der Waals surface area contributed by atoms with E-state index in [0.29, 0.717) is 19.3 Å². The fourth-order valence-electron chi connectivity index (χ4n) is 4.04. The van der Waals surface area contributed by atoms with Gasteiger partial charge in [-0.25, -0.2) is 8.42 Å². The van der Waals surface area contributed by atoms with Gasteiger partial charge in [0.2, 0.25) is 0 Å². The summed E-state index contributed by atoms with van der Waals surface area (Å²) in [7, 11) is -4.42. The van der Waals surface area contributed by atoms with E-state index in [0.717, 1.165) is 44.9 Å². The van der Waals surface area contributed by atoms with Crippen molar-refractivity contribution in [3.8, 4) is 0 Å². The van der Waals surface area contributed by atoms with Crippen LogP contribution in [0.1, 0.15) is 142 Å². The van der Waals surface area contributed by atoms with E-state index in [1.165, 1.54) is 64.2 Å². The Morgan fingerprint density at radius 1 is 0.600 bits per heavy atom. The number of hydrogen-bond acceptors (Lipinski definition) is 4. The zero-order valence-corrected chi connectivity index (χ0v) is 23.2. The largest absolute Gasteiger partial charge is 1.00 e. The van der Waals surface area contributed by atoms with E-state index in [1.807, 2.05) is 0 Å². The second-order valence-corrected chi connectivity index (χ2v) is 10.4. The summed E-state index contributed by atoms with van der Waals surface area (Å²) in [5.41, 5.74) is 0. The molecule has 2 unspecified atom stereocenters. The van der Waals surface area contributed by atoms with Gasteiger partial charge in [0.1, 0.15) is 10.1 Å². The molecule has 0 bridgehead atoms. The molecular weight excluding hydrogens is 407 g/mol. The van der Waals surface area contributed by atoms with Crippen molar-refractivity contribution in [1.82, 2.24) is 0 Å².